The highest BCUT2D eigenvalue weighted by atomic mass is 16.5. The number of nitrogens with zero attached hydrogens (tertiary/aromatic N) is 2. The van der Waals surface area contributed by atoms with Crippen molar-refractivity contribution in [1.82, 2.24) is 0 Å². The minimum atomic E-state index is -1.04. The van der Waals surface area contributed by atoms with Crippen molar-refractivity contribution in [2.75, 3.05) is 7.11 Å². The Bertz CT molecular complexity index is 683. The van der Waals surface area contributed by atoms with Crippen LogP contribution in [-0.4, -0.2) is 23.9 Å². The first-order valence-electron chi connectivity index (χ1n) is 6.52. The van der Waals surface area contributed by atoms with Crippen molar-refractivity contribution in [2.45, 2.75) is 19.8 Å². The fourth-order valence-electron chi connectivity index (χ4n) is 2.68. The van der Waals surface area contributed by atoms with Crippen LogP contribution >= 0.6 is 0 Å². The minimum Gasteiger partial charge on any atom is -0.497 e. The van der Waals surface area contributed by atoms with E-state index in [1.165, 1.54) is 0 Å². The monoisotopic (exact) mass is 284 g/mol. The Kier molecular flexibility index (Phi) is 4.08. The quantitative estimate of drug-likeness (QED) is 0.925. The number of aliphatic imine (C=N–C) groups is 1. The number of carbonyl (C=O) groups is 1. The third kappa shape index (κ3) is 2.65. The van der Waals surface area contributed by atoms with Crippen LogP contribution in [0.15, 0.2) is 40.5 Å². The van der Waals surface area contributed by atoms with Crippen molar-refractivity contribution in [1.29, 1.82) is 5.26 Å². The summed E-state index contributed by atoms with van der Waals surface area (Å²) in [5, 5.41) is 18.9. The standard InChI is InChI=1S/C16H16N2O3/c1-9-13(8-17)15(14(16(19)20)10(2)18-9)11-5-4-6-12(7-11)21-3/h4-7,13,15H,1-3H3,(H,19,20). The number of carboxylic acids is 1. The number of hydrogen-bond acceptors (Lipinski definition) is 4. The summed E-state index contributed by atoms with van der Waals surface area (Å²) >= 11 is 0. The summed E-state index contributed by atoms with van der Waals surface area (Å²) in [5.74, 6) is -1.55. The van der Waals surface area contributed by atoms with E-state index < -0.39 is 17.8 Å². The molecule has 0 aliphatic carbocycles. The second-order valence-corrected chi connectivity index (χ2v) is 4.92. The maximum absolute atomic E-state index is 11.6. The van der Waals surface area contributed by atoms with Gasteiger partial charge in [0, 0.05) is 17.3 Å². The van der Waals surface area contributed by atoms with E-state index in [0.717, 1.165) is 5.56 Å². The number of allylic oxidation sites excluding steroid dienone is 1. The van der Waals surface area contributed by atoms with Gasteiger partial charge in [-0.15, -0.1) is 0 Å². The number of methoxy groups -OCH3 is 1. The molecule has 0 saturated heterocycles. The zero-order valence-corrected chi connectivity index (χ0v) is 12.1. The first-order chi connectivity index (χ1) is 9.99. The lowest BCUT2D eigenvalue weighted by Gasteiger charge is -2.28. The molecule has 108 valence electrons. The van der Waals surface area contributed by atoms with Crippen molar-refractivity contribution in [3.8, 4) is 11.8 Å². The zero-order valence-electron chi connectivity index (χ0n) is 12.1. The van der Waals surface area contributed by atoms with E-state index >= 15 is 0 Å². The van der Waals surface area contributed by atoms with Crippen molar-refractivity contribution >= 4 is 11.7 Å². The SMILES string of the molecule is COc1cccc(C2C(C(=O)O)=C(C)N=C(C)C2C#N)c1. The number of rotatable bonds is 3. The number of nitriles is 1. The number of carboxylic acid groups (broad SMARTS) is 1. The Morgan fingerprint density at radius 3 is 2.71 bits per heavy atom. The van der Waals surface area contributed by atoms with Crippen molar-refractivity contribution in [3.05, 3.63) is 41.1 Å². The topological polar surface area (TPSA) is 82.7 Å². The number of benzene rings is 1. The molecule has 0 bridgehead atoms. The van der Waals surface area contributed by atoms with E-state index in [1.54, 1.807) is 39.2 Å². The highest BCUT2D eigenvalue weighted by Gasteiger charge is 2.37. The predicted molar refractivity (Wildman–Crippen MR) is 78.3 cm³/mol. The summed E-state index contributed by atoms with van der Waals surface area (Å²) in [6.45, 7) is 3.41. The highest BCUT2D eigenvalue weighted by Crippen LogP contribution is 2.39. The summed E-state index contributed by atoms with van der Waals surface area (Å²) < 4.78 is 5.19. The lowest BCUT2D eigenvalue weighted by molar-refractivity contribution is -0.133. The van der Waals surface area contributed by atoms with Gasteiger partial charge in [-0.05, 0) is 31.5 Å². The molecular formula is C16H16N2O3. The molecule has 2 unspecified atom stereocenters. The molecule has 21 heavy (non-hydrogen) atoms. The molecule has 0 spiro atoms. The Morgan fingerprint density at radius 1 is 1.43 bits per heavy atom. The first-order valence-corrected chi connectivity index (χ1v) is 6.52. The molecule has 0 aromatic heterocycles. The minimum absolute atomic E-state index is 0.167. The van der Waals surface area contributed by atoms with Crippen LogP contribution in [0.3, 0.4) is 0 Å². The number of ether oxygens (including phenoxy) is 1. The number of hydrogen-bond donors (Lipinski definition) is 1. The third-order valence-corrected chi connectivity index (χ3v) is 3.65. The first kappa shape index (κ1) is 14.8. The molecule has 2 rings (SSSR count). The Balaban J connectivity index is 2.63. The van der Waals surface area contributed by atoms with E-state index in [2.05, 4.69) is 11.1 Å². The second-order valence-electron chi connectivity index (χ2n) is 4.92. The average molecular weight is 284 g/mol. The maximum atomic E-state index is 11.6. The van der Waals surface area contributed by atoms with Gasteiger partial charge in [-0.2, -0.15) is 5.26 Å². The van der Waals surface area contributed by atoms with E-state index in [4.69, 9.17) is 4.74 Å². The van der Waals surface area contributed by atoms with Gasteiger partial charge >= 0.3 is 5.97 Å². The summed E-state index contributed by atoms with van der Waals surface area (Å²) in [7, 11) is 1.55. The van der Waals surface area contributed by atoms with Gasteiger partial charge < -0.3 is 9.84 Å². The van der Waals surface area contributed by atoms with Crippen molar-refractivity contribution in [3.63, 3.8) is 0 Å². The van der Waals surface area contributed by atoms with Gasteiger partial charge in [0.1, 0.15) is 5.75 Å². The van der Waals surface area contributed by atoms with E-state index in [9.17, 15) is 15.2 Å². The van der Waals surface area contributed by atoms with E-state index in [0.29, 0.717) is 17.2 Å². The molecule has 5 nitrogen and oxygen atoms in total. The largest absolute Gasteiger partial charge is 0.497 e. The van der Waals surface area contributed by atoms with Crippen LogP contribution in [-0.2, 0) is 4.79 Å². The molecule has 5 heteroatoms. The summed E-state index contributed by atoms with van der Waals surface area (Å²) in [6, 6.07) is 9.33. The van der Waals surface area contributed by atoms with Gasteiger partial charge in [0.05, 0.1) is 24.7 Å². The van der Waals surface area contributed by atoms with Crippen LogP contribution in [0.2, 0.25) is 0 Å². The molecule has 0 saturated carbocycles. The van der Waals surface area contributed by atoms with Gasteiger partial charge in [0.25, 0.3) is 0 Å². The van der Waals surface area contributed by atoms with Crippen LogP contribution in [0.5, 0.6) is 5.75 Å². The fourth-order valence-corrected chi connectivity index (χ4v) is 2.68. The average Bonchev–Trinajstić information content (AvgIpc) is 2.46. The van der Waals surface area contributed by atoms with Crippen LogP contribution in [0.1, 0.15) is 25.3 Å². The molecule has 0 amide bonds. The molecule has 1 aromatic carbocycles. The van der Waals surface area contributed by atoms with Crippen LogP contribution in [0.4, 0.5) is 0 Å². The predicted octanol–water partition coefficient (Wildman–Crippen LogP) is 2.75. The molecule has 1 aliphatic rings. The number of aliphatic carboxylic acids is 1. The van der Waals surface area contributed by atoms with Crippen molar-refractivity contribution < 1.29 is 14.6 Å². The van der Waals surface area contributed by atoms with Gasteiger partial charge in [-0.3, -0.25) is 4.99 Å². The van der Waals surface area contributed by atoms with Gasteiger partial charge in [-0.25, -0.2) is 4.79 Å². The van der Waals surface area contributed by atoms with Crippen LogP contribution in [0, 0.1) is 17.2 Å². The molecule has 1 N–H and O–H groups in total. The summed E-state index contributed by atoms with van der Waals surface area (Å²) in [5.41, 5.74) is 1.99. The normalized spacial score (nSPS) is 21.5. The van der Waals surface area contributed by atoms with Gasteiger partial charge in [-0.1, -0.05) is 12.1 Å². The van der Waals surface area contributed by atoms with Crippen LogP contribution in [0.25, 0.3) is 0 Å². The molecule has 1 aliphatic heterocycles. The lowest BCUT2D eigenvalue weighted by Crippen LogP contribution is -2.28. The maximum Gasteiger partial charge on any atom is 0.334 e. The van der Waals surface area contributed by atoms with Crippen LogP contribution < -0.4 is 4.74 Å². The molecular weight excluding hydrogens is 268 g/mol. The highest BCUT2D eigenvalue weighted by molar-refractivity contribution is 5.97. The third-order valence-electron chi connectivity index (χ3n) is 3.65. The summed E-state index contributed by atoms with van der Waals surface area (Å²) in [6.07, 6.45) is 0. The lowest BCUT2D eigenvalue weighted by atomic mass is 9.76. The zero-order chi connectivity index (χ0) is 15.6. The molecule has 0 fully saturated rings. The molecule has 1 heterocycles. The van der Waals surface area contributed by atoms with Gasteiger partial charge in [0.15, 0.2) is 0 Å². The second kappa shape index (κ2) is 5.80. The Morgan fingerprint density at radius 2 is 2.14 bits per heavy atom. The van der Waals surface area contributed by atoms with E-state index in [1.807, 2.05) is 6.07 Å². The Labute approximate surface area is 123 Å². The fraction of sp³-hybridized carbons (Fsp3) is 0.312. The summed E-state index contributed by atoms with van der Waals surface area (Å²) in [4.78, 5) is 15.8. The van der Waals surface area contributed by atoms with Gasteiger partial charge in [0.2, 0.25) is 0 Å². The van der Waals surface area contributed by atoms with E-state index in [-0.39, 0.29) is 5.57 Å². The van der Waals surface area contributed by atoms with Crippen molar-refractivity contribution in [2.24, 2.45) is 10.9 Å². The molecule has 1 aromatic rings. The Hall–Kier alpha value is -2.61. The molecule has 0 radical (unpaired) electrons. The smallest absolute Gasteiger partial charge is 0.334 e. The molecule has 2 atom stereocenters.